The molecule has 0 unspecified atom stereocenters. The Hall–Kier alpha value is -2.08. The van der Waals surface area contributed by atoms with Crippen LogP contribution in [0.4, 0.5) is 4.79 Å². The molecular weight excluding hydrogens is 366 g/mol. The zero-order valence-electron chi connectivity index (χ0n) is 16.7. The van der Waals surface area contributed by atoms with Gasteiger partial charge in [-0.1, -0.05) is 30.3 Å². The van der Waals surface area contributed by atoms with Gasteiger partial charge in [0.15, 0.2) is 0 Å². The Labute approximate surface area is 170 Å². The second kappa shape index (κ2) is 4.97. The lowest BCUT2D eigenvalue weighted by Gasteiger charge is -3.10. The molecule has 29 heavy (non-hydrogen) atoms. The molecule has 3 amide bonds. The summed E-state index contributed by atoms with van der Waals surface area (Å²) in [7, 11) is 1.85. The highest BCUT2D eigenvalue weighted by atomic mass is 16.3. The summed E-state index contributed by atoms with van der Waals surface area (Å²) >= 11 is 0. The molecule has 1 saturated heterocycles. The molecule has 0 spiro atoms. The molecule has 1 heterocycles. The van der Waals surface area contributed by atoms with E-state index in [9.17, 15) is 14.7 Å². The molecule has 7 fully saturated rings. The predicted molar refractivity (Wildman–Crippen MR) is 104 cm³/mol. The molecule has 0 atom stereocenters. The Bertz CT molecular complexity index is 869. The highest BCUT2D eigenvalue weighted by Crippen LogP contribution is 3.10. The first kappa shape index (κ1) is 16.7. The van der Waals surface area contributed by atoms with Crippen molar-refractivity contribution < 1.29 is 14.7 Å². The van der Waals surface area contributed by atoms with Crippen molar-refractivity contribution in [3.63, 3.8) is 0 Å². The van der Waals surface area contributed by atoms with Crippen LogP contribution in [0.3, 0.4) is 0 Å². The third-order valence-electron chi connectivity index (χ3n) is 9.91. The third-order valence-corrected chi connectivity index (χ3v) is 9.91. The van der Waals surface area contributed by atoms with E-state index in [4.69, 9.17) is 0 Å². The quantitative estimate of drug-likeness (QED) is 0.834. The Morgan fingerprint density at radius 3 is 2.07 bits per heavy atom. The summed E-state index contributed by atoms with van der Waals surface area (Å²) in [6.45, 7) is 3.50. The fourth-order valence-corrected chi connectivity index (χ4v) is 9.04. The van der Waals surface area contributed by atoms with E-state index in [0.29, 0.717) is 80.7 Å². The second-order valence-corrected chi connectivity index (χ2v) is 10.3. The number of benzene rings is 1. The molecule has 6 nitrogen and oxygen atoms in total. The van der Waals surface area contributed by atoms with E-state index in [0.717, 1.165) is 5.56 Å². The molecule has 1 N–H and O–H groups in total. The minimum atomic E-state index is -0.0345. The van der Waals surface area contributed by atoms with E-state index in [1.165, 1.54) is 0 Å². The first-order chi connectivity index (χ1) is 14.1. The maximum Gasteiger partial charge on any atom is 0.320 e. The van der Waals surface area contributed by atoms with Crippen LogP contribution in [-0.4, -0.2) is 71.6 Å². The normalized spacial score (nSPS) is 46.4. The smallest absolute Gasteiger partial charge is 0.320 e. The van der Waals surface area contributed by atoms with Crippen LogP contribution < -0.4 is 0 Å². The minimum Gasteiger partial charge on any atom is -0.396 e. The van der Waals surface area contributed by atoms with E-state index >= 15 is 0 Å². The van der Waals surface area contributed by atoms with Crippen molar-refractivity contribution in [1.29, 1.82) is 0 Å². The molecular formula is C23H27N3O3. The Balaban J connectivity index is 0.971. The van der Waals surface area contributed by atoms with Gasteiger partial charge >= 0.3 is 6.03 Å². The molecule has 0 aromatic heterocycles. The van der Waals surface area contributed by atoms with Gasteiger partial charge < -0.3 is 19.8 Å². The first-order valence-electron chi connectivity index (χ1n) is 11.0. The zero-order valence-corrected chi connectivity index (χ0v) is 16.7. The van der Waals surface area contributed by atoms with Gasteiger partial charge in [-0.25, -0.2) is 4.79 Å². The van der Waals surface area contributed by atoms with Crippen LogP contribution in [0, 0.1) is 46.3 Å². The number of amides is 3. The Morgan fingerprint density at radius 2 is 1.52 bits per heavy atom. The van der Waals surface area contributed by atoms with Crippen LogP contribution in [-0.2, 0) is 11.3 Å². The zero-order chi connectivity index (χ0) is 19.7. The Morgan fingerprint density at radius 1 is 0.966 bits per heavy atom. The summed E-state index contributed by atoms with van der Waals surface area (Å²) in [5.74, 6) is 4.09. The monoisotopic (exact) mass is 393 g/mol. The average molecular weight is 393 g/mol. The molecule has 1 aliphatic heterocycles. The summed E-state index contributed by atoms with van der Waals surface area (Å²) in [6.07, 6.45) is 0. The molecule has 7 aliphatic rings. The van der Waals surface area contributed by atoms with Crippen molar-refractivity contribution in [2.75, 3.05) is 39.8 Å². The Kier molecular flexibility index (Phi) is 2.86. The number of hydrogen-bond acceptors (Lipinski definition) is 3. The number of nitrogens with zero attached hydrogens (tertiary/aromatic N) is 3. The van der Waals surface area contributed by atoms with Crippen molar-refractivity contribution in [3.8, 4) is 0 Å². The molecule has 1 aromatic rings. The molecule has 6 aliphatic carbocycles. The van der Waals surface area contributed by atoms with Gasteiger partial charge in [0.25, 0.3) is 0 Å². The molecule has 152 valence electrons. The van der Waals surface area contributed by atoms with Crippen molar-refractivity contribution in [2.24, 2.45) is 46.3 Å². The molecule has 0 bridgehead atoms. The third kappa shape index (κ3) is 1.46. The molecule has 1 aromatic carbocycles. The molecule has 8 rings (SSSR count). The number of urea groups is 1. The van der Waals surface area contributed by atoms with Gasteiger partial charge in [-0.05, 0) is 41.1 Å². The van der Waals surface area contributed by atoms with Crippen LogP contribution in [0.5, 0.6) is 0 Å². The largest absolute Gasteiger partial charge is 0.396 e. The van der Waals surface area contributed by atoms with Crippen LogP contribution in [0.25, 0.3) is 0 Å². The number of aliphatic hydroxyl groups is 1. The van der Waals surface area contributed by atoms with Crippen molar-refractivity contribution in [3.05, 3.63) is 35.9 Å². The van der Waals surface area contributed by atoms with Crippen molar-refractivity contribution >= 4 is 11.9 Å². The molecule has 6 heteroatoms. The van der Waals surface area contributed by atoms with E-state index in [2.05, 4.69) is 0 Å². The highest BCUT2D eigenvalue weighted by Gasteiger charge is 3.11. The van der Waals surface area contributed by atoms with E-state index < -0.39 is 0 Å². The highest BCUT2D eigenvalue weighted by molar-refractivity contribution is 5.92. The van der Waals surface area contributed by atoms with Gasteiger partial charge in [0.1, 0.15) is 0 Å². The van der Waals surface area contributed by atoms with Crippen LogP contribution >= 0.6 is 0 Å². The maximum atomic E-state index is 13.4. The van der Waals surface area contributed by atoms with Crippen LogP contribution in [0.15, 0.2) is 30.3 Å². The topological polar surface area (TPSA) is 64.1 Å². The number of piperazine rings is 1. The summed E-state index contributed by atoms with van der Waals surface area (Å²) < 4.78 is 0. The number of carbonyl (C=O) groups excluding carboxylic acids is 2. The van der Waals surface area contributed by atoms with Crippen LogP contribution in [0.2, 0.25) is 0 Å². The van der Waals surface area contributed by atoms with Gasteiger partial charge in [-0.2, -0.15) is 0 Å². The van der Waals surface area contributed by atoms with Gasteiger partial charge in [0.2, 0.25) is 5.91 Å². The summed E-state index contributed by atoms with van der Waals surface area (Å²) in [5.41, 5.74) is 1.35. The lowest BCUT2D eigenvalue weighted by molar-refractivity contribution is -0.645. The van der Waals surface area contributed by atoms with Crippen LogP contribution in [0.1, 0.15) is 5.56 Å². The lowest BCUT2D eigenvalue weighted by atomic mass is 8.92. The minimum absolute atomic E-state index is 0.0345. The predicted octanol–water partition coefficient (Wildman–Crippen LogP) is 1.11. The van der Waals surface area contributed by atoms with Gasteiger partial charge in [0.05, 0.1) is 5.41 Å². The van der Waals surface area contributed by atoms with Gasteiger partial charge in [0, 0.05) is 51.8 Å². The second-order valence-electron chi connectivity index (χ2n) is 10.3. The summed E-state index contributed by atoms with van der Waals surface area (Å²) in [4.78, 5) is 31.9. The number of aliphatic hydroxyl groups excluding tert-OH is 1. The average Bonchev–Trinajstić information content (AvgIpc) is 2.78. The fourth-order valence-electron chi connectivity index (χ4n) is 9.04. The lowest BCUT2D eigenvalue weighted by Crippen LogP contribution is -3.11. The molecule has 0 radical (unpaired) electrons. The van der Waals surface area contributed by atoms with Gasteiger partial charge in [-0.3, -0.25) is 4.79 Å². The SMILES string of the molecule is CN(Cc1ccccc1)C(=O)N1CCN(C(=O)C23C4C5C2C2C3C4C52CO)CC1. The van der Waals surface area contributed by atoms with E-state index in [1.807, 2.05) is 47.2 Å². The summed E-state index contributed by atoms with van der Waals surface area (Å²) in [6, 6.07) is 10.1. The van der Waals surface area contributed by atoms with E-state index in [-0.39, 0.29) is 16.9 Å². The fraction of sp³-hybridized carbons (Fsp3) is 0.652. The molecule has 6 saturated carbocycles. The standard InChI is InChI=1S/C23H27N3O3/c1-24(11-13-5-3-2-4-6-13)21(29)26-9-7-25(8-10-26)20(28)23-17-14-18(23)16-19(23)15(17)22(14,16)12-27/h2-6,14-19,27H,7-12H2,1H3. The van der Waals surface area contributed by atoms with Crippen molar-refractivity contribution in [1.82, 2.24) is 14.7 Å². The number of carbonyl (C=O) groups is 2. The number of rotatable bonds is 4. The maximum absolute atomic E-state index is 13.4. The first-order valence-corrected chi connectivity index (χ1v) is 11.0. The van der Waals surface area contributed by atoms with E-state index in [1.54, 1.807) is 4.90 Å². The van der Waals surface area contributed by atoms with Crippen molar-refractivity contribution in [2.45, 2.75) is 6.54 Å². The number of hydrogen-bond donors (Lipinski definition) is 1. The van der Waals surface area contributed by atoms with Gasteiger partial charge in [-0.15, -0.1) is 0 Å². The summed E-state index contributed by atoms with van der Waals surface area (Å²) in [5, 5.41) is 9.77.